The van der Waals surface area contributed by atoms with E-state index in [1.165, 1.54) is 25.3 Å². The zero-order valence-corrected chi connectivity index (χ0v) is 12.3. The molecule has 0 saturated heterocycles. The Balaban J connectivity index is 2.25. The number of anilines is 1. The number of methoxy groups -OCH3 is 1. The molecule has 24 heavy (non-hydrogen) atoms. The fraction of sp³-hybridized carbons (Fsp3) is 0.125. The summed E-state index contributed by atoms with van der Waals surface area (Å²) in [5.74, 6) is -1.61. The summed E-state index contributed by atoms with van der Waals surface area (Å²) in [6.45, 7) is -3.08. The minimum Gasteiger partial charge on any atom is -0.493 e. The maximum absolute atomic E-state index is 13.3. The second-order valence-corrected chi connectivity index (χ2v) is 4.50. The Morgan fingerprint density at radius 3 is 2.58 bits per heavy atom. The number of nitriles is 1. The number of rotatable bonds is 5. The molecule has 124 valence electrons. The summed E-state index contributed by atoms with van der Waals surface area (Å²) in [4.78, 5) is 12.2. The van der Waals surface area contributed by atoms with Crippen LogP contribution in [0.1, 0.15) is 15.9 Å². The van der Waals surface area contributed by atoms with E-state index in [2.05, 4.69) is 10.1 Å². The number of alkyl halides is 2. The van der Waals surface area contributed by atoms with Crippen LogP contribution >= 0.6 is 0 Å². The Kier molecular flexibility index (Phi) is 5.27. The molecule has 8 heteroatoms. The minimum atomic E-state index is -3.08. The van der Waals surface area contributed by atoms with Gasteiger partial charge in [-0.25, -0.2) is 4.39 Å². The predicted octanol–water partition coefficient (Wildman–Crippen LogP) is 3.56. The summed E-state index contributed by atoms with van der Waals surface area (Å²) in [6.07, 6.45) is 0. The summed E-state index contributed by atoms with van der Waals surface area (Å²) in [6, 6.07) is 8.86. The van der Waals surface area contributed by atoms with E-state index in [4.69, 9.17) is 10.00 Å². The lowest BCUT2D eigenvalue weighted by Gasteiger charge is -2.12. The number of nitrogens with zero attached hydrogens (tertiary/aromatic N) is 1. The molecule has 0 saturated carbocycles. The quantitative estimate of drug-likeness (QED) is 0.906. The van der Waals surface area contributed by atoms with Crippen LogP contribution in [-0.4, -0.2) is 19.6 Å². The smallest absolute Gasteiger partial charge is 0.387 e. The van der Waals surface area contributed by atoms with Crippen LogP contribution < -0.4 is 14.8 Å². The van der Waals surface area contributed by atoms with Crippen molar-refractivity contribution in [3.8, 4) is 17.6 Å². The van der Waals surface area contributed by atoms with Crippen molar-refractivity contribution in [2.45, 2.75) is 6.61 Å². The average molecular weight is 336 g/mol. The lowest BCUT2D eigenvalue weighted by molar-refractivity contribution is -0.0512. The minimum absolute atomic E-state index is 0.0225. The van der Waals surface area contributed by atoms with E-state index in [9.17, 15) is 18.0 Å². The molecule has 0 aliphatic rings. The van der Waals surface area contributed by atoms with Gasteiger partial charge in [-0.1, -0.05) is 0 Å². The van der Waals surface area contributed by atoms with Gasteiger partial charge in [0.05, 0.1) is 12.7 Å². The number of carbonyl (C=O) groups is 1. The molecule has 2 rings (SSSR count). The zero-order valence-electron chi connectivity index (χ0n) is 12.3. The van der Waals surface area contributed by atoms with Crippen molar-refractivity contribution in [1.29, 1.82) is 5.26 Å². The summed E-state index contributed by atoms with van der Waals surface area (Å²) < 4.78 is 47.2. The lowest BCUT2D eigenvalue weighted by Crippen LogP contribution is -2.13. The van der Waals surface area contributed by atoms with Crippen LogP contribution in [0.2, 0.25) is 0 Å². The van der Waals surface area contributed by atoms with E-state index in [1.54, 1.807) is 6.07 Å². The van der Waals surface area contributed by atoms with Crippen LogP contribution in [0.25, 0.3) is 0 Å². The first kappa shape index (κ1) is 17.1. The van der Waals surface area contributed by atoms with Gasteiger partial charge in [-0.2, -0.15) is 14.0 Å². The third kappa shape index (κ3) is 3.95. The van der Waals surface area contributed by atoms with Crippen LogP contribution in [0.15, 0.2) is 36.4 Å². The van der Waals surface area contributed by atoms with E-state index in [-0.39, 0.29) is 28.3 Å². The van der Waals surface area contributed by atoms with E-state index in [1.807, 2.05) is 0 Å². The van der Waals surface area contributed by atoms with E-state index in [0.29, 0.717) is 0 Å². The second kappa shape index (κ2) is 7.37. The van der Waals surface area contributed by atoms with Crippen molar-refractivity contribution in [2.24, 2.45) is 0 Å². The highest BCUT2D eigenvalue weighted by atomic mass is 19.3. The van der Waals surface area contributed by atoms with Gasteiger partial charge < -0.3 is 14.8 Å². The molecule has 1 amide bonds. The second-order valence-electron chi connectivity index (χ2n) is 4.50. The van der Waals surface area contributed by atoms with Gasteiger partial charge in [0.2, 0.25) is 0 Å². The van der Waals surface area contributed by atoms with Crippen LogP contribution in [0, 0.1) is 17.1 Å². The first-order valence-electron chi connectivity index (χ1n) is 6.58. The molecule has 0 spiro atoms. The average Bonchev–Trinajstić information content (AvgIpc) is 2.56. The van der Waals surface area contributed by atoms with Gasteiger partial charge in [0, 0.05) is 11.3 Å². The highest BCUT2D eigenvalue weighted by molar-refractivity contribution is 6.04. The summed E-state index contributed by atoms with van der Waals surface area (Å²) in [5, 5.41) is 11.2. The normalized spacial score (nSPS) is 10.2. The van der Waals surface area contributed by atoms with E-state index < -0.39 is 18.3 Å². The Morgan fingerprint density at radius 1 is 1.21 bits per heavy atom. The SMILES string of the molecule is COc1ccc(C(=O)Nc2ccc(F)c(C#N)c2)cc1OC(F)F. The third-order valence-electron chi connectivity index (χ3n) is 2.99. The standard InChI is InChI=1S/C16H11F3N2O3/c1-23-13-5-2-9(7-14(13)24-16(18)19)15(22)21-11-3-4-12(17)10(6-11)8-20/h2-7,16H,1H3,(H,21,22). The fourth-order valence-electron chi connectivity index (χ4n) is 1.90. The molecular formula is C16H11F3N2O3. The van der Waals surface area contributed by atoms with Gasteiger partial charge in [0.15, 0.2) is 11.5 Å². The summed E-state index contributed by atoms with van der Waals surface area (Å²) in [7, 11) is 1.27. The third-order valence-corrected chi connectivity index (χ3v) is 2.99. The molecular weight excluding hydrogens is 325 g/mol. The van der Waals surface area contributed by atoms with Crippen molar-refractivity contribution >= 4 is 11.6 Å². The largest absolute Gasteiger partial charge is 0.493 e. The van der Waals surface area contributed by atoms with Crippen molar-refractivity contribution in [3.63, 3.8) is 0 Å². The number of carbonyl (C=O) groups excluding carboxylic acids is 1. The molecule has 2 aromatic carbocycles. The molecule has 0 atom stereocenters. The number of halogens is 3. The lowest BCUT2D eigenvalue weighted by atomic mass is 10.1. The first-order valence-corrected chi connectivity index (χ1v) is 6.58. The number of amides is 1. The molecule has 0 aromatic heterocycles. The summed E-state index contributed by atoms with van der Waals surface area (Å²) in [5.41, 5.74) is -0.0244. The van der Waals surface area contributed by atoms with Crippen LogP contribution in [0.3, 0.4) is 0 Å². The van der Waals surface area contributed by atoms with Gasteiger partial charge in [-0.05, 0) is 36.4 Å². The van der Waals surface area contributed by atoms with Crippen molar-refractivity contribution in [3.05, 3.63) is 53.3 Å². The topological polar surface area (TPSA) is 71.3 Å². The van der Waals surface area contributed by atoms with E-state index >= 15 is 0 Å². The number of nitrogens with one attached hydrogen (secondary N) is 1. The summed E-state index contributed by atoms with van der Waals surface area (Å²) >= 11 is 0. The molecule has 5 nitrogen and oxygen atoms in total. The number of benzene rings is 2. The Bertz CT molecular complexity index is 804. The fourth-order valence-corrected chi connectivity index (χ4v) is 1.90. The van der Waals surface area contributed by atoms with Crippen LogP contribution in [-0.2, 0) is 0 Å². The molecule has 0 aliphatic heterocycles. The Hall–Kier alpha value is -3.21. The molecule has 0 unspecified atom stereocenters. The van der Waals surface area contributed by atoms with Gasteiger partial charge in [-0.15, -0.1) is 0 Å². The number of hydrogen-bond donors (Lipinski definition) is 1. The van der Waals surface area contributed by atoms with Crippen molar-refractivity contribution in [1.82, 2.24) is 0 Å². The Labute approximate surface area is 135 Å². The van der Waals surface area contributed by atoms with Crippen molar-refractivity contribution < 1.29 is 27.4 Å². The molecule has 0 bridgehead atoms. The molecule has 0 aliphatic carbocycles. The Morgan fingerprint density at radius 2 is 1.96 bits per heavy atom. The number of ether oxygens (including phenoxy) is 2. The molecule has 0 heterocycles. The predicted molar refractivity (Wildman–Crippen MR) is 78.7 cm³/mol. The highest BCUT2D eigenvalue weighted by Gasteiger charge is 2.15. The highest BCUT2D eigenvalue weighted by Crippen LogP contribution is 2.29. The molecule has 0 radical (unpaired) electrons. The monoisotopic (exact) mass is 336 g/mol. The van der Waals surface area contributed by atoms with Gasteiger partial charge in [0.1, 0.15) is 11.9 Å². The van der Waals surface area contributed by atoms with Gasteiger partial charge in [0.25, 0.3) is 5.91 Å². The van der Waals surface area contributed by atoms with Gasteiger partial charge >= 0.3 is 6.61 Å². The van der Waals surface area contributed by atoms with Gasteiger partial charge in [-0.3, -0.25) is 4.79 Å². The van der Waals surface area contributed by atoms with Crippen molar-refractivity contribution in [2.75, 3.05) is 12.4 Å². The van der Waals surface area contributed by atoms with E-state index in [0.717, 1.165) is 18.2 Å². The molecule has 2 aromatic rings. The molecule has 0 fully saturated rings. The van der Waals surface area contributed by atoms with Crippen LogP contribution in [0.4, 0.5) is 18.9 Å². The zero-order chi connectivity index (χ0) is 17.7. The molecule has 1 N–H and O–H groups in total. The first-order chi connectivity index (χ1) is 11.4. The maximum atomic E-state index is 13.3. The number of hydrogen-bond acceptors (Lipinski definition) is 4. The van der Waals surface area contributed by atoms with Crippen LogP contribution in [0.5, 0.6) is 11.5 Å². The maximum Gasteiger partial charge on any atom is 0.387 e.